The number of non-ortho nitro benzene ring substituents is 1. The molecule has 0 aromatic heterocycles. The van der Waals surface area contributed by atoms with E-state index in [4.69, 9.17) is 5.26 Å². The minimum Gasteiger partial charge on any atom is -0.293 e. The molecule has 0 aliphatic rings. The van der Waals surface area contributed by atoms with E-state index in [2.05, 4.69) is 15.9 Å². The van der Waals surface area contributed by atoms with E-state index in [1.54, 1.807) is 6.92 Å². The number of halogens is 1. The summed E-state index contributed by atoms with van der Waals surface area (Å²) in [6.45, 7) is 1.57. The average Bonchev–Trinajstić information content (AvgIpc) is 2.26. The molecule has 0 spiro atoms. The van der Waals surface area contributed by atoms with Gasteiger partial charge in [0.25, 0.3) is 5.69 Å². The van der Waals surface area contributed by atoms with Crippen LogP contribution in [0.25, 0.3) is 0 Å². The van der Waals surface area contributed by atoms with Gasteiger partial charge in [-0.2, -0.15) is 5.26 Å². The highest BCUT2D eigenvalue weighted by atomic mass is 79.9. The van der Waals surface area contributed by atoms with E-state index in [-0.39, 0.29) is 27.9 Å². The maximum absolute atomic E-state index is 11.5. The molecule has 1 aromatic carbocycles. The van der Waals surface area contributed by atoms with Crippen LogP contribution in [0.15, 0.2) is 12.1 Å². The molecule has 0 unspecified atom stereocenters. The minimum atomic E-state index is -0.584. The lowest BCUT2D eigenvalue weighted by Gasteiger charge is -2.04. The molecule has 0 saturated carbocycles. The van der Waals surface area contributed by atoms with Crippen LogP contribution in [0.3, 0.4) is 0 Å². The van der Waals surface area contributed by atoms with Gasteiger partial charge in [-0.05, 0) is 12.5 Å². The summed E-state index contributed by atoms with van der Waals surface area (Å²) in [5.74, 6) is -0.344. The maximum Gasteiger partial charge on any atom is 0.270 e. The largest absolute Gasteiger partial charge is 0.293 e. The van der Waals surface area contributed by atoms with Crippen LogP contribution in [0.2, 0.25) is 0 Å². The number of alkyl halides is 1. The number of carbonyl (C=O) groups excluding carboxylic acids is 1. The van der Waals surface area contributed by atoms with Gasteiger partial charge < -0.3 is 0 Å². The second kappa shape index (κ2) is 4.86. The Morgan fingerprint density at radius 2 is 2.25 bits per heavy atom. The number of rotatable bonds is 3. The van der Waals surface area contributed by atoms with Crippen molar-refractivity contribution in [1.29, 1.82) is 5.26 Å². The Balaban J connectivity index is 3.50. The SMILES string of the molecule is Cc1cc([N+](=O)[O-])cc(C(=O)CBr)c1C#N. The number of aryl methyl sites for hydroxylation is 1. The van der Waals surface area contributed by atoms with Crippen LogP contribution in [0.4, 0.5) is 5.69 Å². The summed E-state index contributed by atoms with van der Waals surface area (Å²) in [7, 11) is 0. The van der Waals surface area contributed by atoms with Gasteiger partial charge in [-0.25, -0.2) is 0 Å². The summed E-state index contributed by atoms with van der Waals surface area (Å²) in [6.07, 6.45) is 0. The zero-order chi connectivity index (χ0) is 12.3. The molecule has 5 nitrogen and oxygen atoms in total. The van der Waals surface area contributed by atoms with Gasteiger partial charge in [0, 0.05) is 17.7 Å². The van der Waals surface area contributed by atoms with Crippen molar-refractivity contribution in [3.8, 4) is 6.07 Å². The van der Waals surface area contributed by atoms with E-state index in [1.807, 2.05) is 6.07 Å². The number of carbonyl (C=O) groups is 1. The van der Waals surface area contributed by atoms with E-state index in [1.165, 1.54) is 6.07 Å². The maximum atomic E-state index is 11.5. The molecule has 0 bridgehead atoms. The van der Waals surface area contributed by atoms with Crippen LogP contribution in [-0.2, 0) is 0 Å². The summed E-state index contributed by atoms with van der Waals surface area (Å²) in [5.41, 5.74) is 0.530. The van der Waals surface area contributed by atoms with E-state index >= 15 is 0 Å². The number of hydrogen-bond donors (Lipinski definition) is 0. The Bertz CT molecular complexity index is 506. The minimum absolute atomic E-state index is 0.0300. The van der Waals surface area contributed by atoms with Crippen LogP contribution in [0.5, 0.6) is 0 Å². The first-order valence-corrected chi connectivity index (χ1v) is 5.41. The van der Waals surface area contributed by atoms with Crippen LogP contribution in [0.1, 0.15) is 21.5 Å². The molecular weight excluding hydrogens is 276 g/mol. The molecule has 1 rings (SSSR count). The second-order valence-corrected chi connectivity index (χ2v) is 3.67. The fourth-order valence-electron chi connectivity index (χ4n) is 1.31. The lowest BCUT2D eigenvalue weighted by molar-refractivity contribution is -0.384. The van der Waals surface area contributed by atoms with E-state index in [9.17, 15) is 14.9 Å². The summed E-state index contributed by atoms with van der Waals surface area (Å²) in [6, 6.07) is 4.30. The number of nitro groups is 1. The zero-order valence-electron chi connectivity index (χ0n) is 8.36. The van der Waals surface area contributed by atoms with Crippen molar-refractivity contribution in [1.82, 2.24) is 0 Å². The number of nitriles is 1. The summed E-state index contributed by atoms with van der Waals surface area (Å²) >= 11 is 2.97. The van der Waals surface area contributed by atoms with E-state index in [0.29, 0.717) is 5.56 Å². The molecule has 0 heterocycles. The first-order chi connectivity index (χ1) is 7.51. The van der Waals surface area contributed by atoms with Crippen molar-refractivity contribution in [2.24, 2.45) is 0 Å². The summed E-state index contributed by atoms with van der Waals surface area (Å²) in [4.78, 5) is 21.5. The smallest absolute Gasteiger partial charge is 0.270 e. The number of nitro benzene ring substituents is 1. The molecule has 0 amide bonds. The Morgan fingerprint density at radius 3 is 2.69 bits per heavy atom. The van der Waals surface area contributed by atoms with Gasteiger partial charge in [-0.15, -0.1) is 0 Å². The van der Waals surface area contributed by atoms with Crippen molar-refractivity contribution < 1.29 is 9.72 Å². The van der Waals surface area contributed by atoms with E-state index < -0.39 is 4.92 Å². The molecule has 0 atom stereocenters. The monoisotopic (exact) mass is 282 g/mol. The third-order valence-corrected chi connectivity index (χ3v) is 2.57. The molecule has 82 valence electrons. The van der Waals surface area contributed by atoms with Crippen molar-refractivity contribution >= 4 is 27.4 Å². The highest BCUT2D eigenvalue weighted by molar-refractivity contribution is 9.09. The Morgan fingerprint density at radius 1 is 1.62 bits per heavy atom. The lowest BCUT2D eigenvalue weighted by Crippen LogP contribution is -2.06. The summed E-state index contributed by atoms with van der Waals surface area (Å²) in [5, 5.41) is 19.5. The molecule has 0 aliphatic heterocycles. The number of benzene rings is 1. The topological polar surface area (TPSA) is 84.0 Å². The Kier molecular flexibility index (Phi) is 3.74. The van der Waals surface area contributed by atoms with Gasteiger partial charge in [0.15, 0.2) is 5.78 Å². The average molecular weight is 283 g/mol. The first-order valence-electron chi connectivity index (χ1n) is 4.29. The van der Waals surface area contributed by atoms with Gasteiger partial charge in [-0.3, -0.25) is 14.9 Å². The fraction of sp³-hybridized carbons (Fsp3) is 0.200. The predicted octanol–water partition coefficient (Wildman–Crippen LogP) is 2.35. The van der Waals surface area contributed by atoms with Gasteiger partial charge in [0.2, 0.25) is 0 Å². The van der Waals surface area contributed by atoms with Gasteiger partial charge >= 0.3 is 0 Å². The third-order valence-electron chi connectivity index (χ3n) is 2.06. The number of nitrogens with zero attached hydrogens (tertiary/aromatic N) is 2. The number of ketones is 1. The van der Waals surface area contributed by atoms with Crippen LogP contribution >= 0.6 is 15.9 Å². The molecule has 6 heteroatoms. The quantitative estimate of drug-likeness (QED) is 0.369. The molecular formula is C10H7BrN2O3. The van der Waals surface area contributed by atoms with Crippen LogP contribution in [0, 0.1) is 28.4 Å². The normalized spacial score (nSPS) is 9.56. The molecule has 0 radical (unpaired) electrons. The first kappa shape index (κ1) is 12.3. The van der Waals surface area contributed by atoms with Crippen LogP contribution < -0.4 is 0 Å². The number of Topliss-reactive ketones (excluding diaryl/α,β-unsaturated/α-hetero) is 1. The molecule has 1 aromatic rings. The lowest BCUT2D eigenvalue weighted by atomic mass is 9.99. The number of hydrogen-bond acceptors (Lipinski definition) is 4. The molecule has 0 fully saturated rings. The zero-order valence-corrected chi connectivity index (χ0v) is 9.94. The second-order valence-electron chi connectivity index (χ2n) is 3.11. The molecule has 0 aliphatic carbocycles. The van der Waals surface area contributed by atoms with E-state index in [0.717, 1.165) is 6.07 Å². The summed E-state index contributed by atoms with van der Waals surface area (Å²) < 4.78 is 0. The molecule has 0 N–H and O–H groups in total. The standard InChI is InChI=1S/C10H7BrN2O3/c1-6-2-7(13(15)16)3-8(9(6)5-12)10(14)4-11/h2-3H,4H2,1H3. The predicted molar refractivity (Wildman–Crippen MR) is 60.7 cm³/mol. The highest BCUT2D eigenvalue weighted by Crippen LogP contribution is 2.22. The van der Waals surface area contributed by atoms with Crippen LogP contribution in [-0.4, -0.2) is 16.0 Å². The third kappa shape index (κ3) is 2.25. The highest BCUT2D eigenvalue weighted by Gasteiger charge is 2.18. The van der Waals surface area contributed by atoms with Gasteiger partial charge in [0.05, 0.1) is 15.8 Å². The van der Waals surface area contributed by atoms with Crippen molar-refractivity contribution in [2.75, 3.05) is 5.33 Å². The van der Waals surface area contributed by atoms with Crippen molar-refractivity contribution in [3.05, 3.63) is 38.9 Å². The molecule has 0 saturated heterocycles. The van der Waals surface area contributed by atoms with Gasteiger partial charge in [-0.1, -0.05) is 15.9 Å². The van der Waals surface area contributed by atoms with Crippen molar-refractivity contribution in [3.63, 3.8) is 0 Å². The van der Waals surface area contributed by atoms with Gasteiger partial charge in [0.1, 0.15) is 6.07 Å². The Hall–Kier alpha value is -1.74. The van der Waals surface area contributed by atoms with Crippen molar-refractivity contribution in [2.45, 2.75) is 6.92 Å². The Labute approximate surface area is 100.0 Å². The fourth-order valence-corrected chi connectivity index (χ4v) is 1.62. The molecule has 16 heavy (non-hydrogen) atoms.